The van der Waals surface area contributed by atoms with Crippen LogP contribution in [0.15, 0.2) is 84.0 Å². The number of aliphatic hydroxyl groups excluding tert-OH is 1. The van der Waals surface area contributed by atoms with E-state index in [9.17, 15) is 4.79 Å². The topological polar surface area (TPSA) is 62.2 Å². The zero-order valence-electron chi connectivity index (χ0n) is 14.7. The van der Waals surface area contributed by atoms with Crippen molar-refractivity contribution >= 4 is 29.4 Å². The van der Waals surface area contributed by atoms with Gasteiger partial charge in [-0.05, 0) is 59.2 Å². The van der Waals surface area contributed by atoms with Gasteiger partial charge in [-0.25, -0.2) is 0 Å². The number of nitrogens with one attached hydrogen (secondary N) is 1. The third-order valence-electron chi connectivity index (χ3n) is 3.81. The van der Waals surface area contributed by atoms with Gasteiger partial charge in [-0.2, -0.15) is 0 Å². The van der Waals surface area contributed by atoms with Crippen LogP contribution in [0.2, 0.25) is 0 Å². The third-order valence-corrected chi connectivity index (χ3v) is 4.89. The Labute approximate surface area is 163 Å². The molecule has 1 amide bonds. The molecule has 0 bridgehead atoms. The second-order valence-corrected chi connectivity index (χ2v) is 6.95. The number of hydrogen-bond donors (Lipinski definition) is 2. The number of aromatic nitrogens is 1. The van der Waals surface area contributed by atoms with Crippen LogP contribution >= 0.6 is 11.8 Å². The van der Waals surface area contributed by atoms with Crippen LogP contribution in [0.25, 0.3) is 6.08 Å². The lowest BCUT2D eigenvalue weighted by Gasteiger charge is -2.05. The second-order valence-electron chi connectivity index (χ2n) is 5.90. The van der Waals surface area contributed by atoms with Crippen LogP contribution in [-0.4, -0.2) is 16.0 Å². The molecular formula is C22H20N2O2S. The van der Waals surface area contributed by atoms with Crippen molar-refractivity contribution in [3.05, 3.63) is 95.8 Å². The number of hydrogen-bond acceptors (Lipinski definition) is 4. The molecule has 1 aromatic heterocycles. The normalized spacial score (nSPS) is 10.9. The van der Waals surface area contributed by atoms with Crippen LogP contribution in [0.4, 0.5) is 5.69 Å². The van der Waals surface area contributed by atoms with Crippen LogP contribution in [0.5, 0.6) is 0 Å². The van der Waals surface area contributed by atoms with E-state index in [1.807, 2.05) is 60.8 Å². The van der Waals surface area contributed by atoms with E-state index < -0.39 is 0 Å². The molecule has 3 rings (SSSR count). The molecule has 0 aliphatic heterocycles. The van der Waals surface area contributed by atoms with Gasteiger partial charge in [0.15, 0.2) is 0 Å². The number of aliphatic hydroxyl groups is 1. The fourth-order valence-electron chi connectivity index (χ4n) is 2.44. The van der Waals surface area contributed by atoms with E-state index in [-0.39, 0.29) is 12.5 Å². The van der Waals surface area contributed by atoms with Gasteiger partial charge in [0.1, 0.15) is 0 Å². The molecule has 2 aromatic carbocycles. The molecule has 0 aliphatic carbocycles. The van der Waals surface area contributed by atoms with Crippen molar-refractivity contribution in [3.8, 4) is 0 Å². The highest BCUT2D eigenvalue weighted by atomic mass is 32.2. The van der Waals surface area contributed by atoms with Crippen molar-refractivity contribution in [1.29, 1.82) is 0 Å². The Balaban J connectivity index is 1.52. The van der Waals surface area contributed by atoms with Crippen molar-refractivity contribution < 1.29 is 9.90 Å². The average molecular weight is 376 g/mol. The molecule has 1 heterocycles. The Morgan fingerprint density at radius 3 is 2.63 bits per heavy atom. The molecule has 2 N–H and O–H groups in total. The van der Waals surface area contributed by atoms with Crippen LogP contribution in [0.1, 0.15) is 16.7 Å². The molecule has 3 aromatic rings. The van der Waals surface area contributed by atoms with Crippen LogP contribution < -0.4 is 5.32 Å². The molecule has 136 valence electrons. The Morgan fingerprint density at radius 2 is 1.89 bits per heavy atom. The number of nitrogens with zero attached hydrogens (tertiary/aromatic N) is 1. The molecule has 0 unspecified atom stereocenters. The van der Waals surface area contributed by atoms with Gasteiger partial charge in [-0.15, -0.1) is 11.8 Å². The summed E-state index contributed by atoms with van der Waals surface area (Å²) >= 11 is 1.72. The molecule has 0 radical (unpaired) electrons. The molecule has 27 heavy (non-hydrogen) atoms. The number of thioether (sulfide) groups is 1. The molecule has 0 atom stereocenters. The lowest BCUT2D eigenvalue weighted by molar-refractivity contribution is -0.111. The standard InChI is InChI=1S/C22H20N2O2S/c25-15-18-4-1-3-17(13-18)6-11-22(26)24-20-7-9-21(10-8-20)27-16-19-5-2-12-23-14-19/h1-14,25H,15-16H2,(H,24,26)/b11-6+. The van der Waals surface area contributed by atoms with E-state index in [4.69, 9.17) is 5.11 Å². The van der Waals surface area contributed by atoms with Crippen molar-refractivity contribution in [2.75, 3.05) is 5.32 Å². The fraction of sp³-hybridized carbons (Fsp3) is 0.0909. The summed E-state index contributed by atoms with van der Waals surface area (Å²) in [6, 6.07) is 19.2. The average Bonchev–Trinajstić information content (AvgIpc) is 2.73. The van der Waals surface area contributed by atoms with Crippen molar-refractivity contribution in [2.24, 2.45) is 0 Å². The van der Waals surface area contributed by atoms with E-state index in [2.05, 4.69) is 16.4 Å². The lowest BCUT2D eigenvalue weighted by Crippen LogP contribution is -2.07. The van der Waals surface area contributed by atoms with E-state index in [1.165, 1.54) is 11.6 Å². The first kappa shape index (κ1) is 18.9. The summed E-state index contributed by atoms with van der Waals surface area (Å²) in [5.74, 6) is 0.662. The summed E-state index contributed by atoms with van der Waals surface area (Å²) in [6.07, 6.45) is 6.85. The number of rotatable bonds is 7. The summed E-state index contributed by atoms with van der Waals surface area (Å²) in [6.45, 7) is -0.0149. The maximum atomic E-state index is 12.1. The molecule has 0 spiro atoms. The highest BCUT2D eigenvalue weighted by molar-refractivity contribution is 7.98. The number of benzene rings is 2. The van der Waals surface area contributed by atoms with Crippen molar-refractivity contribution in [3.63, 3.8) is 0 Å². The number of carbonyl (C=O) groups is 1. The maximum absolute atomic E-state index is 12.1. The summed E-state index contributed by atoms with van der Waals surface area (Å²) in [7, 11) is 0. The monoisotopic (exact) mass is 376 g/mol. The van der Waals surface area contributed by atoms with Gasteiger partial charge in [-0.1, -0.05) is 24.3 Å². The van der Waals surface area contributed by atoms with Crippen molar-refractivity contribution in [2.45, 2.75) is 17.3 Å². The van der Waals surface area contributed by atoms with Crippen LogP contribution in [0.3, 0.4) is 0 Å². The zero-order chi connectivity index (χ0) is 18.9. The van der Waals surface area contributed by atoms with Gasteiger partial charge in [0.25, 0.3) is 0 Å². The molecule has 0 saturated heterocycles. The predicted molar refractivity (Wildman–Crippen MR) is 110 cm³/mol. The highest BCUT2D eigenvalue weighted by Crippen LogP contribution is 2.24. The molecule has 4 nitrogen and oxygen atoms in total. The number of pyridine rings is 1. The van der Waals surface area contributed by atoms with E-state index in [0.29, 0.717) is 0 Å². The van der Waals surface area contributed by atoms with Crippen LogP contribution in [-0.2, 0) is 17.2 Å². The first-order valence-corrected chi connectivity index (χ1v) is 9.52. The third kappa shape index (κ3) is 6.09. The first-order valence-electron chi connectivity index (χ1n) is 8.53. The molecule has 5 heteroatoms. The van der Waals surface area contributed by atoms with E-state index in [0.717, 1.165) is 27.5 Å². The Kier molecular flexibility index (Phi) is 6.79. The highest BCUT2D eigenvalue weighted by Gasteiger charge is 2.00. The Morgan fingerprint density at radius 1 is 1.07 bits per heavy atom. The first-order chi connectivity index (χ1) is 13.2. The lowest BCUT2D eigenvalue weighted by atomic mass is 10.1. The molecule has 0 fully saturated rings. The predicted octanol–water partition coefficient (Wildman–Crippen LogP) is 4.52. The molecule has 0 saturated carbocycles. The quantitative estimate of drug-likeness (QED) is 0.470. The Hall–Kier alpha value is -2.89. The van der Waals surface area contributed by atoms with Crippen molar-refractivity contribution in [1.82, 2.24) is 4.98 Å². The minimum Gasteiger partial charge on any atom is -0.392 e. The minimum absolute atomic E-state index is 0.0149. The van der Waals surface area contributed by atoms with E-state index >= 15 is 0 Å². The molecular weight excluding hydrogens is 356 g/mol. The summed E-state index contributed by atoms with van der Waals surface area (Å²) in [4.78, 5) is 17.3. The summed E-state index contributed by atoms with van der Waals surface area (Å²) < 4.78 is 0. The number of carbonyl (C=O) groups excluding carboxylic acids is 1. The number of anilines is 1. The smallest absolute Gasteiger partial charge is 0.248 e. The Bertz CT molecular complexity index is 909. The molecule has 0 aliphatic rings. The summed E-state index contributed by atoms with van der Waals surface area (Å²) in [5.41, 5.74) is 3.62. The zero-order valence-corrected chi connectivity index (χ0v) is 15.5. The van der Waals surface area contributed by atoms with Gasteiger partial charge in [0.2, 0.25) is 5.91 Å². The van der Waals surface area contributed by atoms with Gasteiger partial charge in [0.05, 0.1) is 6.61 Å². The van der Waals surface area contributed by atoms with Gasteiger partial charge in [-0.3, -0.25) is 9.78 Å². The summed E-state index contributed by atoms with van der Waals surface area (Å²) in [5, 5.41) is 12.0. The minimum atomic E-state index is -0.194. The van der Waals surface area contributed by atoms with Crippen LogP contribution in [0, 0.1) is 0 Å². The SMILES string of the molecule is O=C(/C=C/c1cccc(CO)c1)Nc1ccc(SCc2cccnc2)cc1. The largest absolute Gasteiger partial charge is 0.392 e. The van der Waals surface area contributed by atoms with Gasteiger partial charge in [0, 0.05) is 34.8 Å². The van der Waals surface area contributed by atoms with Gasteiger partial charge >= 0.3 is 0 Å². The van der Waals surface area contributed by atoms with Gasteiger partial charge < -0.3 is 10.4 Å². The maximum Gasteiger partial charge on any atom is 0.248 e. The van der Waals surface area contributed by atoms with E-state index in [1.54, 1.807) is 24.0 Å². The fourth-order valence-corrected chi connectivity index (χ4v) is 3.27. The second kappa shape index (κ2) is 9.71. The number of amides is 1.